The molecule has 0 unspecified atom stereocenters. The maximum absolute atomic E-state index is 13.3. The molecule has 0 bridgehead atoms. The lowest BCUT2D eigenvalue weighted by molar-refractivity contribution is 0.0977. The van der Waals surface area contributed by atoms with E-state index in [1.807, 2.05) is 0 Å². The Morgan fingerprint density at radius 2 is 1.56 bits per heavy atom. The molecule has 0 radical (unpaired) electrons. The summed E-state index contributed by atoms with van der Waals surface area (Å²) in [7, 11) is 0. The summed E-state index contributed by atoms with van der Waals surface area (Å²) in [5.41, 5.74) is 1.55. The average Bonchev–Trinajstić information content (AvgIpc) is 3.05. The number of aromatic amines is 1. The van der Waals surface area contributed by atoms with Crippen LogP contribution in [0.1, 0.15) is 37.1 Å². The molecule has 3 aromatic rings. The molecular weight excluding hydrogens is 382 g/mol. The number of phenolic OH excluding ortho intramolecular Hbond substituents is 1. The van der Waals surface area contributed by atoms with Gasteiger partial charge in [-0.25, -0.2) is 0 Å². The van der Waals surface area contributed by atoms with Crippen LogP contribution < -0.4 is 4.87 Å². The van der Waals surface area contributed by atoms with Crippen LogP contribution in [-0.2, 0) is 0 Å². The minimum atomic E-state index is -0.661. The Morgan fingerprint density at radius 3 is 2.30 bits per heavy atom. The predicted molar refractivity (Wildman–Crippen MR) is 103 cm³/mol. The van der Waals surface area contributed by atoms with Crippen LogP contribution in [0, 0.1) is 0 Å². The fourth-order valence-corrected chi connectivity index (χ4v) is 5.85. The highest BCUT2D eigenvalue weighted by atomic mass is 32.2. The second-order valence-electron chi connectivity index (χ2n) is 6.25. The number of rotatable bonds is 1. The Bertz CT molecular complexity index is 1230. The first-order chi connectivity index (χ1) is 13.1. The highest BCUT2D eigenvalue weighted by molar-refractivity contribution is 8.04. The number of Topliss-reactive ketones (excluding diaryl/α,β-unsaturated/α-hetero) is 2. The van der Waals surface area contributed by atoms with Crippen LogP contribution in [0.4, 0.5) is 0 Å². The van der Waals surface area contributed by atoms with E-state index in [-0.39, 0.29) is 22.2 Å². The Kier molecular flexibility index (Phi) is 3.50. The number of nitrogens with one attached hydrogen (secondary N) is 1. The van der Waals surface area contributed by atoms with Gasteiger partial charge in [0, 0.05) is 22.3 Å². The molecule has 2 aromatic carbocycles. The Hall–Kier alpha value is -2.90. The number of thiazole rings is 1. The first kappa shape index (κ1) is 16.3. The molecule has 1 aliphatic carbocycles. The van der Waals surface area contributed by atoms with E-state index in [4.69, 9.17) is 0 Å². The lowest BCUT2D eigenvalue weighted by atomic mass is 9.79. The van der Waals surface area contributed by atoms with Crippen LogP contribution in [0.15, 0.2) is 68.8 Å². The standard InChI is InChI=1S/C20H11NO4S2/c22-12-8-4-3-7-11(12)13-14-15(23)9-5-1-2-6-10(9)16(24)17(14)26-19-18(13)27-20(25)21-19/h1-8,13,22H,(H,21,25)/t13-/m0/s1. The highest BCUT2D eigenvalue weighted by Crippen LogP contribution is 2.52. The maximum Gasteiger partial charge on any atom is 0.305 e. The Labute approximate surface area is 161 Å². The molecule has 2 N–H and O–H groups in total. The molecule has 2 aliphatic rings. The van der Waals surface area contributed by atoms with Crippen LogP contribution in [0.25, 0.3) is 0 Å². The van der Waals surface area contributed by atoms with E-state index >= 15 is 0 Å². The molecule has 7 heteroatoms. The quantitative estimate of drug-likeness (QED) is 0.658. The van der Waals surface area contributed by atoms with Gasteiger partial charge in [-0.3, -0.25) is 14.4 Å². The first-order valence-electron chi connectivity index (χ1n) is 8.17. The number of ketones is 2. The summed E-state index contributed by atoms with van der Waals surface area (Å²) in [4.78, 5) is 41.9. The van der Waals surface area contributed by atoms with E-state index in [1.54, 1.807) is 42.5 Å². The van der Waals surface area contributed by atoms with Gasteiger partial charge in [-0.1, -0.05) is 65.6 Å². The van der Waals surface area contributed by atoms with Gasteiger partial charge < -0.3 is 10.1 Å². The minimum absolute atomic E-state index is 0.0205. The zero-order valence-corrected chi connectivity index (χ0v) is 15.3. The maximum atomic E-state index is 13.3. The van der Waals surface area contributed by atoms with Gasteiger partial charge >= 0.3 is 4.87 Å². The average molecular weight is 393 g/mol. The van der Waals surface area contributed by atoms with Crippen molar-refractivity contribution in [2.75, 3.05) is 0 Å². The molecule has 0 saturated carbocycles. The number of H-pyrrole nitrogens is 1. The fraction of sp³-hybridized carbons (Fsp3) is 0.0500. The van der Waals surface area contributed by atoms with Crippen LogP contribution in [0.3, 0.4) is 0 Å². The summed E-state index contributed by atoms with van der Waals surface area (Å²) in [5.74, 6) is -1.12. The zero-order chi connectivity index (χ0) is 18.7. The molecule has 0 fully saturated rings. The van der Waals surface area contributed by atoms with Crippen molar-refractivity contribution in [3.63, 3.8) is 0 Å². The third-order valence-electron chi connectivity index (χ3n) is 4.76. The normalized spacial score (nSPS) is 18.1. The number of fused-ring (bicyclic) bond motifs is 2. The molecule has 5 rings (SSSR count). The van der Waals surface area contributed by atoms with Crippen molar-refractivity contribution in [2.24, 2.45) is 0 Å². The van der Waals surface area contributed by atoms with Crippen molar-refractivity contribution in [1.82, 2.24) is 4.98 Å². The number of benzene rings is 2. The zero-order valence-electron chi connectivity index (χ0n) is 13.7. The fourth-order valence-electron chi connectivity index (χ4n) is 3.59. The minimum Gasteiger partial charge on any atom is -0.508 e. The number of hydrogen-bond acceptors (Lipinski definition) is 6. The van der Waals surface area contributed by atoms with Crippen molar-refractivity contribution in [1.29, 1.82) is 0 Å². The molecule has 0 amide bonds. The van der Waals surface area contributed by atoms with Crippen molar-refractivity contribution >= 4 is 34.7 Å². The van der Waals surface area contributed by atoms with Crippen LogP contribution >= 0.6 is 23.1 Å². The van der Waals surface area contributed by atoms with Gasteiger partial charge in [-0.2, -0.15) is 0 Å². The number of allylic oxidation sites excluding steroid dienone is 2. The number of phenols is 1. The van der Waals surface area contributed by atoms with E-state index in [9.17, 15) is 19.5 Å². The summed E-state index contributed by atoms with van der Waals surface area (Å²) >= 11 is 2.13. The molecule has 0 spiro atoms. The van der Waals surface area contributed by atoms with Crippen molar-refractivity contribution in [3.8, 4) is 5.75 Å². The van der Waals surface area contributed by atoms with Gasteiger partial charge in [0.1, 0.15) is 5.75 Å². The molecule has 5 nitrogen and oxygen atoms in total. The number of aromatic nitrogens is 1. The summed E-state index contributed by atoms with van der Waals surface area (Å²) in [6.07, 6.45) is 0. The van der Waals surface area contributed by atoms with E-state index in [1.165, 1.54) is 6.07 Å². The molecule has 1 aliphatic heterocycles. The largest absolute Gasteiger partial charge is 0.508 e. The molecule has 132 valence electrons. The van der Waals surface area contributed by atoms with E-state index in [0.29, 0.717) is 37.1 Å². The molecule has 1 aromatic heterocycles. The topological polar surface area (TPSA) is 87.2 Å². The summed E-state index contributed by atoms with van der Waals surface area (Å²) in [6, 6.07) is 13.4. The molecular formula is C20H11NO4S2. The molecule has 27 heavy (non-hydrogen) atoms. The number of aromatic hydroxyl groups is 1. The van der Waals surface area contributed by atoms with Gasteiger partial charge in [-0.05, 0) is 6.07 Å². The van der Waals surface area contributed by atoms with Gasteiger partial charge in [-0.15, -0.1) is 0 Å². The lowest BCUT2D eigenvalue weighted by Gasteiger charge is -2.30. The van der Waals surface area contributed by atoms with E-state index in [0.717, 1.165) is 23.1 Å². The molecule has 2 heterocycles. The second-order valence-corrected chi connectivity index (χ2v) is 8.28. The highest BCUT2D eigenvalue weighted by Gasteiger charge is 2.43. The van der Waals surface area contributed by atoms with Crippen LogP contribution in [0.2, 0.25) is 0 Å². The SMILES string of the molecule is O=C1C2=C(C(=O)c3ccccc31)[C@H](c1ccccc1O)c1sc(=O)[nH]c1S2. The summed E-state index contributed by atoms with van der Waals surface area (Å²) in [6.45, 7) is 0. The van der Waals surface area contributed by atoms with Crippen molar-refractivity contribution < 1.29 is 14.7 Å². The summed E-state index contributed by atoms with van der Waals surface area (Å²) < 4.78 is 0. The number of para-hydroxylation sites is 1. The Morgan fingerprint density at radius 1 is 0.889 bits per heavy atom. The van der Waals surface area contributed by atoms with Gasteiger partial charge in [0.15, 0.2) is 5.78 Å². The number of hydrogen-bond donors (Lipinski definition) is 2. The third kappa shape index (κ3) is 2.28. The molecule has 1 atom stereocenters. The number of carbonyl (C=O) groups excluding carboxylic acids is 2. The van der Waals surface area contributed by atoms with Crippen LogP contribution in [0.5, 0.6) is 5.75 Å². The molecule has 0 saturated heterocycles. The van der Waals surface area contributed by atoms with E-state index in [2.05, 4.69) is 4.98 Å². The second kappa shape index (κ2) is 5.80. The van der Waals surface area contributed by atoms with E-state index < -0.39 is 5.92 Å². The van der Waals surface area contributed by atoms with Crippen LogP contribution in [-0.4, -0.2) is 21.7 Å². The first-order valence-corrected chi connectivity index (χ1v) is 9.81. The van der Waals surface area contributed by atoms with Crippen molar-refractivity contribution in [3.05, 3.63) is 90.2 Å². The predicted octanol–water partition coefficient (Wildman–Crippen LogP) is 3.71. The van der Waals surface area contributed by atoms with Crippen molar-refractivity contribution in [2.45, 2.75) is 10.9 Å². The lowest BCUT2D eigenvalue weighted by Crippen LogP contribution is -2.27. The Balaban J connectivity index is 1.83. The van der Waals surface area contributed by atoms with Gasteiger partial charge in [0.25, 0.3) is 0 Å². The van der Waals surface area contributed by atoms with Gasteiger partial charge in [0.2, 0.25) is 5.78 Å². The van der Waals surface area contributed by atoms with Gasteiger partial charge in [0.05, 0.1) is 20.7 Å². The smallest absolute Gasteiger partial charge is 0.305 e. The number of thioether (sulfide) groups is 1. The summed E-state index contributed by atoms with van der Waals surface area (Å²) in [5, 5.41) is 11.0. The third-order valence-corrected chi connectivity index (χ3v) is 6.97. The number of carbonyl (C=O) groups is 2. The monoisotopic (exact) mass is 393 g/mol.